The minimum atomic E-state index is -0.485. The molecule has 37 heavy (non-hydrogen) atoms. The minimum absolute atomic E-state index is 0.0522. The molecule has 0 aliphatic carbocycles. The number of ether oxygens (including phenoxy) is 1. The highest BCUT2D eigenvalue weighted by atomic mass is 32.1. The molecular formula is C27H32N4O4S2. The van der Waals surface area contributed by atoms with Gasteiger partial charge in [0.05, 0.1) is 11.0 Å². The van der Waals surface area contributed by atoms with Gasteiger partial charge in [-0.15, -0.1) is 22.7 Å². The summed E-state index contributed by atoms with van der Waals surface area (Å²) in [7, 11) is 0. The average Bonchev–Trinajstić information content (AvgIpc) is 3.59. The van der Waals surface area contributed by atoms with Gasteiger partial charge in [-0.05, 0) is 37.3 Å². The molecule has 0 spiro atoms. The Bertz CT molecular complexity index is 1180. The fraction of sp³-hybridized carbons (Fsp3) is 0.407. The first kappa shape index (κ1) is 27.0. The highest BCUT2D eigenvalue weighted by Gasteiger charge is 2.32. The van der Waals surface area contributed by atoms with Crippen LogP contribution in [0.4, 0.5) is 0 Å². The lowest BCUT2D eigenvalue weighted by atomic mass is 10.1. The molecule has 1 fully saturated rings. The van der Waals surface area contributed by atoms with E-state index in [1.807, 2.05) is 61.7 Å². The number of rotatable bonds is 10. The van der Waals surface area contributed by atoms with E-state index >= 15 is 0 Å². The van der Waals surface area contributed by atoms with Crippen LogP contribution in [0.5, 0.6) is 0 Å². The Kier molecular flexibility index (Phi) is 9.43. The molecule has 1 unspecified atom stereocenters. The number of hydrogen-bond donors (Lipinski definition) is 0. The zero-order chi connectivity index (χ0) is 26.2. The predicted molar refractivity (Wildman–Crippen MR) is 146 cm³/mol. The second-order valence-electron chi connectivity index (χ2n) is 8.78. The van der Waals surface area contributed by atoms with Crippen LogP contribution in [0.1, 0.15) is 29.9 Å². The van der Waals surface area contributed by atoms with E-state index in [0.717, 1.165) is 15.4 Å². The number of carbonyl (C=O) groups excluding carboxylic acids is 3. The number of benzene rings is 1. The summed E-state index contributed by atoms with van der Waals surface area (Å²) in [5, 5.41) is 4.48. The van der Waals surface area contributed by atoms with E-state index in [1.54, 1.807) is 26.5 Å². The van der Waals surface area contributed by atoms with Crippen molar-refractivity contribution in [3.05, 3.63) is 64.5 Å². The van der Waals surface area contributed by atoms with Crippen molar-refractivity contribution >= 4 is 40.4 Å². The lowest BCUT2D eigenvalue weighted by Gasteiger charge is -2.26. The molecule has 3 heterocycles. The summed E-state index contributed by atoms with van der Waals surface area (Å²) in [5.74, 6) is -0.547. The molecule has 2 aromatic heterocycles. The molecule has 1 saturated heterocycles. The molecule has 10 heteroatoms. The van der Waals surface area contributed by atoms with Crippen LogP contribution in [0.15, 0.2) is 53.2 Å². The number of thiazole rings is 1. The van der Waals surface area contributed by atoms with Crippen LogP contribution in [-0.2, 0) is 20.7 Å². The topological polar surface area (TPSA) is 83.0 Å². The molecule has 1 aromatic carbocycles. The standard InChI is InChI=1S/C27H32N4O4S2/c1-3-29(4-2)25(33)18-35-21-15-30(13-12-20-9-6-5-7-10-20)24(32)17-31(16-21)27(34)22-19-37-26(28-22)23-11-8-14-36-23/h5-11,14,19,21H,3-4,12-13,15-18H2,1-2H3. The third-order valence-electron chi connectivity index (χ3n) is 6.34. The largest absolute Gasteiger partial charge is 0.365 e. The van der Waals surface area contributed by atoms with Crippen molar-refractivity contribution in [3.63, 3.8) is 0 Å². The summed E-state index contributed by atoms with van der Waals surface area (Å²) in [6.07, 6.45) is 0.211. The van der Waals surface area contributed by atoms with E-state index in [9.17, 15) is 14.4 Å². The molecule has 0 N–H and O–H groups in total. The number of likely N-dealkylation sites (N-methyl/N-ethyl adjacent to an activating group) is 1. The van der Waals surface area contributed by atoms with Crippen molar-refractivity contribution in [2.24, 2.45) is 0 Å². The fourth-order valence-electron chi connectivity index (χ4n) is 4.27. The van der Waals surface area contributed by atoms with Gasteiger partial charge >= 0.3 is 0 Å². The van der Waals surface area contributed by atoms with Gasteiger partial charge in [-0.3, -0.25) is 14.4 Å². The van der Waals surface area contributed by atoms with Gasteiger partial charge in [0, 0.05) is 38.1 Å². The van der Waals surface area contributed by atoms with E-state index in [-0.39, 0.29) is 37.4 Å². The van der Waals surface area contributed by atoms with Gasteiger partial charge in [-0.1, -0.05) is 36.4 Å². The molecule has 1 aliphatic rings. The van der Waals surface area contributed by atoms with Gasteiger partial charge < -0.3 is 19.4 Å². The van der Waals surface area contributed by atoms with Gasteiger partial charge in [0.15, 0.2) is 0 Å². The quantitative estimate of drug-likeness (QED) is 0.392. The lowest BCUT2D eigenvalue weighted by Crippen LogP contribution is -2.41. The summed E-state index contributed by atoms with van der Waals surface area (Å²) in [6, 6.07) is 13.9. The van der Waals surface area contributed by atoms with E-state index in [4.69, 9.17) is 4.74 Å². The number of thiophene rings is 1. The molecule has 3 aromatic rings. The molecule has 4 rings (SSSR count). The van der Waals surface area contributed by atoms with Crippen LogP contribution >= 0.6 is 22.7 Å². The highest BCUT2D eigenvalue weighted by Crippen LogP contribution is 2.28. The smallest absolute Gasteiger partial charge is 0.273 e. The first-order chi connectivity index (χ1) is 18.0. The Morgan fingerprint density at radius 3 is 2.57 bits per heavy atom. The number of hydrogen-bond acceptors (Lipinski definition) is 7. The Morgan fingerprint density at radius 1 is 1.08 bits per heavy atom. The summed E-state index contributed by atoms with van der Waals surface area (Å²) in [4.78, 5) is 49.7. The number of aromatic nitrogens is 1. The fourth-order valence-corrected chi connectivity index (χ4v) is 5.88. The third kappa shape index (κ3) is 7.03. The zero-order valence-corrected chi connectivity index (χ0v) is 22.8. The Hall–Kier alpha value is -3.08. The first-order valence-electron chi connectivity index (χ1n) is 12.5. The van der Waals surface area contributed by atoms with E-state index in [1.165, 1.54) is 16.2 Å². The predicted octanol–water partition coefficient (Wildman–Crippen LogP) is 3.65. The Morgan fingerprint density at radius 2 is 1.86 bits per heavy atom. The third-order valence-corrected chi connectivity index (χ3v) is 8.22. The van der Waals surface area contributed by atoms with Crippen LogP contribution in [-0.4, -0.2) is 89.4 Å². The molecule has 0 saturated carbocycles. The Balaban J connectivity index is 1.49. The molecule has 3 amide bonds. The molecule has 1 atom stereocenters. The van der Waals surface area contributed by atoms with Crippen molar-refractivity contribution < 1.29 is 19.1 Å². The van der Waals surface area contributed by atoms with E-state index in [0.29, 0.717) is 38.3 Å². The second kappa shape index (κ2) is 12.9. The number of carbonyl (C=O) groups is 3. The summed E-state index contributed by atoms with van der Waals surface area (Å²) in [5.41, 5.74) is 1.45. The van der Waals surface area contributed by atoms with Crippen molar-refractivity contribution in [1.82, 2.24) is 19.7 Å². The van der Waals surface area contributed by atoms with Crippen LogP contribution in [0.2, 0.25) is 0 Å². The monoisotopic (exact) mass is 540 g/mol. The van der Waals surface area contributed by atoms with Crippen LogP contribution in [0, 0.1) is 0 Å². The average molecular weight is 541 g/mol. The van der Waals surface area contributed by atoms with Gasteiger partial charge in [-0.25, -0.2) is 4.98 Å². The maximum Gasteiger partial charge on any atom is 0.273 e. The molecule has 0 bridgehead atoms. The SMILES string of the molecule is CCN(CC)C(=O)COC1CN(CCc2ccccc2)C(=O)CN(C(=O)c2csc(-c3cccs3)n2)C1. The summed E-state index contributed by atoms with van der Waals surface area (Å²) < 4.78 is 6.03. The summed E-state index contributed by atoms with van der Waals surface area (Å²) in [6.45, 7) is 5.96. The Labute approximate surface area is 225 Å². The van der Waals surface area contributed by atoms with Gasteiger partial charge in [0.1, 0.15) is 23.9 Å². The van der Waals surface area contributed by atoms with Crippen molar-refractivity contribution in [3.8, 4) is 9.88 Å². The van der Waals surface area contributed by atoms with Crippen LogP contribution in [0.25, 0.3) is 9.88 Å². The van der Waals surface area contributed by atoms with Crippen molar-refractivity contribution in [1.29, 1.82) is 0 Å². The maximum atomic E-state index is 13.4. The molecule has 196 valence electrons. The van der Waals surface area contributed by atoms with Crippen LogP contribution < -0.4 is 0 Å². The first-order valence-corrected chi connectivity index (χ1v) is 14.2. The highest BCUT2D eigenvalue weighted by molar-refractivity contribution is 7.20. The maximum absolute atomic E-state index is 13.4. The lowest BCUT2D eigenvalue weighted by molar-refractivity contribution is -0.138. The number of nitrogens with zero attached hydrogens (tertiary/aromatic N) is 4. The molecular weight excluding hydrogens is 508 g/mol. The molecule has 8 nitrogen and oxygen atoms in total. The summed E-state index contributed by atoms with van der Waals surface area (Å²) >= 11 is 2.98. The van der Waals surface area contributed by atoms with E-state index in [2.05, 4.69) is 4.98 Å². The van der Waals surface area contributed by atoms with E-state index < -0.39 is 6.10 Å². The molecule has 0 radical (unpaired) electrons. The number of amides is 3. The van der Waals surface area contributed by atoms with Crippen LogP contribution in [0.3, 0.4) is 0 Å². The van der Waals surface area contributed by atoms with Gasteiger partial charge in [-0.2, -0.15) is 0 Å². The zero-order valence-electron chi connectivity index (χ0n) is 21.2. The van der Waals surface area contributed by atoms with Crippen molar-refractivity contribution in [2.75, 3.05) is 45.9 Å². The van der Waals surface area contributed by atoms with Gasteiger partial charge in [0.2, 0.25) is 11.8 Å². The van der Waals surface area contributed by atoms with Gasteiger partial charge in [0.25, 0.3) is 5.91 Å². The second-order valence-corrected chi connectivity index (χ2v) is 10.6. The normalized spacial score (nSPS) is 16.1. The minimum Gasteiger partial charge on any atom is -0.365 e. The van der Waals surface area contributed by atoms with Crippen molar-refractivity contribution in [2.45, 2.75) is 26.4 Å². The molecule has 1 aliphatic heterocycles.